The minimum atomic E-state index is -0.482. The highest BCUT2D eigenvalue weighted by Gasteiger charge is 2.23. The molecule has 5 heteroatoms. The SMILES string of the molecule is CSC(C)CNC1CCc2cc(NC(=O)OC(C)(C)C)ccc21. The molecule has 0 aromatic heterocycles. The number of ether oxygens (including phenoxy) is 1. The number of hydrogen-bond acceptors (Lipinski definition) is 4. The number of rotatable bonds is 5. The molecule has 1 aliphatic rings. The summed E-state index contributed by atoms with van der Waals surface area (Å²) in [5, 5.41) is 7.08. The molecule has 0 spiro atoms. The van der Waals surface area contributed by atoms with E-state index in [0.717, 1.165) is 25.1 Å². The third kappa shape index (κ3) is 5.43. The van der Waals surface area contributed by atoms with Crippen LogP contribution in [-0.2, 0) is 11.2 Å². The van der Waals surface area contributed by atoms with E-state index in [2.05, 4.69) is 35.9 Å². The lowest BCUT2D eigenvalue weighted by molar-refractivity contribution is 0.0636. The fraction of sp³-hybridized carbons (Fsp3) is 0.611. The first-order valence-corrected chi connectivity index (χ1v) is 9.46. The number of amides is 1. The predicted octanol–water partition coefficient (Wildman–Crippen LogP) is 4.36. The first kappa shape index (κ1) is 18.1. The van der Waals surface area contributed by atoms with Crippen LogP contribution in [0, 0.1) is 0 Å². The molecule has 0 fully saturated rings. The van der Waals surface area contributed by atoms with Crippen LogP contribution in [-0.4, -0.2) is 29.7 Å². The maximum atomic E-state index is 11.9. The molecule has 1 amide bonds. The van der Waals surface area contributed by atoms with E-state index in [9.17, 15) is 4.79 Å². The number of benzene rings is 1. The maximum absolute atomic E-state index is 11.9. The Morgan fingerprint density at radius 1 is 1.43 bits per heavy atom. The fourth-order valence-corrected chi connectivity index (χ4v) is 2.98. The lowest BCUT2D eigenvalue weighted by atomic mass is 10.1. The molecule has 1 aliphatic carbocycles. The Bertz CT molecular complexity index is 554. The van der Waals surface area contributed by atoms with Crippen molar-refractivity contribution < 1.29 is 9.53 Å². The molecule has 23 heavy (non-hydrogen) atoms. The number of anilines is 1. The van der Waals surface area contributed by atoms with Crippen molar-refractivity contribution in [2.24, 2.45) is 0 Å². The molecular weight excluding hydrogens is 308 g/mol. The quantitative estimate of drug-likeness (QED) is 0.839. The minimum absolute atomic E-state index is 0.404. The summed E-state index contributed by atoms with van der Waals surface area (Å²) in [6.07, 6.45) is 3.90. The van der Waals surface area contributed by atoms with Crippen LogP contribution in [0.15, 0.2) is 18.2 Å². The van der Waals surface area contributed by atoms with Gasteiger partial charge in [0.25, 0.3) is 0 Å². The van der Waals surface area contributed by atoms with Crippen LogP contribution in [0.4, 0.5) is 10.5 Å². The van der Waals surface area contributed by atoms with E-state index in [4.69, 9.17) is 4.74 Å². The molecule has 2 N–H and O–H groups in total. The van der Waals surface area contributed by atoms with Crippen LogP contribution in [0.25, 0.3) is 0 Å². The van der Waals surface area contributed by atoms with Gasteiger partial charge in [-0.2, -0.15) is 11.8 Å². The van der Waals surface area contributed by atoms with Gasteiger partial charge in [-0.05, 0) is 63.1 Å². The second-order valence-corrected chi connectivity index (χ2v) is 8.36. The van der Waals surface area contributed by atoms with E-state index in [0.29, 0.717) is 11.3 Å². The molecule has 0 heterocycles. The molecule has 0 saturated carbocycles. The van der Waals surface area contributed by atoms with Gasteiger partial charge in [0.15, 0.2) is 0 Å². The Kier molecular flexibility index (Phi) is 5.98. The van der Waals surface area contributed by atoms with Crippen LogP contribution >= 0.6 is 11.8 Å². The zero-order valence-corrected chi connectivity index (χ0v) is 15.5. The van der Waals surface area contributed by atoms with Crippen molar-refractivity contribution in [3.05, 3.63) is 29.3 Å². The lowest BCUT2D eigenvalue weighted by Gasteiger charge is -2.20. The van der Waals surface area contributed by atoms with Crippen molar-refractivity contribution in [1.29, 1.82) is 0 Å². The number of hydrogen-bond donors (Lipinski definition) is 2. The van der Waals surface area contributed by atoms with E-state index in [1.54, 1.807) is 0 Å². The van der Waals surface area contributed by atoms with Gasteiger partial charge in [0, 0.05) is 23.5 Å². The molecule has 128 valence electrons. The normalized spacial score (nSPS) is 18.4. The van der Waals surface area contributed by atoms with Gasteiger partial charge in [-0.3, -0.25) is 5.32 Å². The van der Waals surface area contributed by atoms with Gasteiger partial charge in [-0.1, -0.05) is 13.0 Å². The van der Waals surface area contributed by atoms with Crippen LogP contribution in [0.1, 0.15) is 51.3 Å². The van der Waals surface area contributed by atoms with Gasteiger partial charge in [-0.25, -0.2) is 4.79 Å². The zero-order valence-electron chi connectivity index (χ0n) is 14.7. The average Bonchev–Trinajstić information content (AvgIpc) is 2.85. The predicted molar refractivity (Wildman–Crippen MR) is 98.3 cm³/mol. The van der Waals surface area contributed by atoms with E-state index in [1.807, 2.05) is 38.6 Å². The smallest absolute Gasteiger partial charge is 0.412 e. The van der Waals surface area contributed by atoms with Crippen LogP contribution in [0.3, 0.4) is 0 Å². The topological polar surface area (TPSA) is 50.4 Å². The third-order valence-electron chi connectivity index (χ3n) is 3.92. The summed E-state index contributed by atoms with van der Waals surface area (Å²) < 4.78 is 5.29. The molecule has 2 rings (SSSR count). The summed E-state index contributed by atoms with van der Waals surface area (Å²) in [5.74, 6) is 0. The van der Waals surface area contributed by atoms with Crippen molar-refractivity contribution in [3.8, 4) is 0 Å². The van der Waals surface area contributed by atoms with E-state index >= 15 is 0 Å². The van der Waals surface area contributed by atoms with Gasteiger partial charge in [0.2, 0.25) is 0 Å². The fourth-order valence-electron chi connectivity index (χ4n) is 2.72. The summed E-state index contributed by atoms with van der Waals surface area (Å²) in [7, 11) is 0. The highest BCUT2D eigenvalue weighted by atomic mass is 32.2. The van der Waals surface area contributed by atoms with Crippen molar-refractivity contribution in [1.82, 2.24) is 5.32 Å². The van der Waals surface area contributed by atoms with Crippen molar-refractivity contribution in [2.75, 3.05) is 18.1 Å². The Labute approximate surface area is 143 Å². The second kappa shape index (κ2) is 7.58. The summed E-state index contributed by atoms with van der Waals surface area (Å²) in [4.78, 5) is 11.9. The Morgan fingerprint density at radius 3 is 2.83 bits per heavy atom. The highest BCUT2D eigenvalue weighted by molar-refractivity contribution is 7.99. The number of thioether (sulfide) groups is 1. The van der Waals surface area contributed by atoms with Gasteiger partial charge in [0.05, 0.1) is 0 Å². The average molecular weight is 337 g/mol. The standard InChI is InChI=1S/C18H28N2O2S/c1-12(23-5)11-19-16-9-6-13-10-14(7-8-15(13)16)20-17(21)22-18(2,3)4/h7-8,10,12,16,19H,6,9,11H2,1-5H3,(H,20,21). The number of carbonyl (C=O) groups is 1. The molecule has 4 nitrogen and oxygen atoms in total. The summed E-state index contributed by atoms with van der Waals surface area (Å²) in [6.45, 7) is 8.84. The van der Waals surface area contributed by atoms with E-state index in [1.165, 1.54) is 11.1 Å². The Morgan fingerprint density at radius 2 is 2.17 bits per heavy atom. The largest absolute Gasteiger partial charge is 0.444 e. The van der Waals surface area contributed by atoms with Crippen molar-refractivity contribution in [3.63, 3.8) is 0 Å². The number of fused-ring (bicyclic) bond motifs is 1. The molecule has 0 aliphatic heterocycles. The summed E-state index contributed by atoms with van der Waals surface area (Å²) in [5.41, 5.74) is 2.99. The molecule has 0 saturated heterocycles. The third-order valence-corrected chi connectivity index (χ3v) is 4.89. The Balaban J connectivity index is 1.97. The van der Waals surface area contributed by atoms with Crippen LogP contribution in [0.5, 0.6) is 0 Å². The second-order valence-electron chi connectivity index (χ2n) is 7.09. The van der Waals surface area contributed by atoms with Crippen molar-refractivity contribution >= 4 is 23.5 Å². The molecule has 1 aromatic rings. The molecule has 2 unspecified atom stereocenters. The lowest BCUT2D eigenvalue weighted by Crippen LogP contribution is -2.27. The maximum Gasteiger partial charge on any atom is 0.412 e. The van der Waals surface area contributed by atoms with Crippen LogP contribution < -0.4 is 10.6 Å². The number of carbonyl (C=O) groups excluding carboxylic acids is 1. The molecular formula is C18H28N2O2S. The number of nitrogens with one attached hydrogen (secondary N) is 2. The summed E-state index contributed by atoms with van der Waals surface area (Å²) in [6, 6.07) is 6.58. The molecule has 0 bridgehead atoms. The zero-order chi connectivity index (χ0) is 17.0. The molecule has 2 atom stereocenters. The van der Waals surface area contributed by atoms with Crippen molar-refractivity contribution in [2.45, 2.75) is 57.4 Å². The summed E-state index contributed by atoms with van der Waals surface area (Å²) >= 11 is 1.88. The van der Waals surface area contributed by atoms with Crippen LogP contribution in [0.2, 0.25) is 0 Å². The van der Waals surface area contributed by atoms with Gasteiger partial charge >= 0.3 is 6.09 Å². The first-order valence-electron chi connectivity index (χ1n) is 8.17. The first-order chi connectivity index (χ1) is 10.8. The van der Waals surface area contributed by atoms with Gasteiger partial charge in [-0.15, -0.1) is 0 Å². The van der Waals surface area contributed by atoms with Gasteiger partial charge < -0.3 is 10.1 Å². The Hall–Kier alpha value is -1.20. The van der Waals surface area contributed by atoms with E-state index < -0.39 is 11.7 Å². The molecule has 0 radical (unpaired) electrons. The highest BCUT2D eigenvalue weighted by Crippen LogP contribution is 2.33. The minimum Gasteiger partial charge on any atom is -0.444 e. The van der Waals surface area contributed by atoms with Gasteiger partial charge in [0.1, 0.15) is 5.60 Å². The molecule has 1 aromatic carbocycles. The number of aryl methyl sites for hydroxylation is 1. The van der Waals surface area contributed by atoms with E-state index in [-0.39, 0.29) is 0 Å². The monoisotopic (exact) mass is 336 g/mol.